The molecule has 0 radical (unpaired) electrons. The van der Waals surface area contributed by atoms with E-state index in [9.17, 15) is 0 Å². The van der Waals surface area contributed by atoms with Crippen molar-refractivity contribution < 1.29 is 4.74 Å². The zero-order valence-electron chi connectivity index (χ0n) is 7.32. The molecule has 2 aromatic heterocycles. The molecule has 0 aliphatic carbocycles. The van der Waals surface area contributed by atoms with E-state index in [-0.39, 0.29) is 6.01 Å². The number of methoxy groups -OCH3 is 1. The summed E-state index contributed by atoms with van der Waals surface area (Å²) >= 11 is 0. The van der Waals surface area contributed by atoms with Gasteiger partial charge in [0.25, 0.3) is 0 Å². The van der Waals surface area contributed by atoms with E-state index in [1.54, 1.807) is 0 Å². The molecular formula is C7H6N6O. The van der Waals surface area contributed by atoms with Gasteiger partial charge < -0.3 is 4.74 Å². The Balaban J connectivity index is 2.42. The Morgan fingerprint density at radius 3 is 2.64 bits per heavy atom. The highest BCUT2D eigenvalue weighted by Crippen LogP contribution is 2.11. The lowest BCUT2D eigenvalue weighted by Gasteiger charge is -1.98. The number of aromatic nitrogens is 6. The fraction of sp³-hybridized carbons (Fsp3) is 0.143. The van der Waals surface area contributed by atoms with Crippen LogP contribution < -0.4 is 4.74 Å². The van der Waals surface area contributed by atoms with Gasteiger partial charge in [-0.05, 0) is 0 Å². The Bertz CT molecular complexity index is 420. The average molecular weight is 190 g/mol. The van der Waals surface area contributed by atoms with Crippen LogP contribution in [-0.2, 0) is 0 Å². The second-order valence-electron chi connectivity index (χ2n) is 2.32. The molecule has 0 saturated carbocycles. The first-order valence-electron chi connectivity index (χ1n) is 3.77. The minimum atomic E-state index is 0.195. The number of rotatable bonds is 2. The lowest BCUT2D eigenvalue weighted by atomic mass is 10.3. The molecule has 0 bridgehead atoms. The van der Waals surface area contributed by atoms with E-state index >= 15 is 0 Å². The first-order chi connectivity index (χ1) is 6.90. The van der Waals surface area contributed by atoms with Gasteiger partial charge in [-0.3, -0.25) is 0 Å². The summed E-state index contributed by atoms with van der Waals surface area (Å²) < 4.78 is 4.83. The number of nitrogens with zero attached hydrogens (tertiary/aromatic N) is 6. The highest BCUT2D eigenvalue weighted by atomic mass is 16.5. The van der Waals surface area contributed by atoms with E-state index < -0.39 is 0 Å². The Kier molecular flexibility index (Phi) is 2.22. The van der Waals surface area contributed by atoms with Gasteiger partial charge >= 0.3 is 6.01 Å². The Morgan fingerprint density at radius 2 is 1.93 bits per heavy atom. The van der Waals surface area contributed by atoms with Crippen molar-refractivity contribution in [2.24, 2.45) is 0 Å². The van der Waals surface area contributed by atoms with Gasteiger partial charge in [0.05, 0.1) is 19.5 Å². The molecule has 0 amide bonds. The Labute approximate surface area is 79.2 Å². The predicted octanol–water partition coefficient (Wildman–Crippen LogP) is -0.268. The molecule has 0 aliphatic rings. The summed E-state index contributed by atoms with van der Waals surface area (Å²) in [6.45, 7) is 0. The van der Waals surface area contributed by atoms with Gasteiger partial charge in [0.1, 0.15) is 17.7 Å². The molecule has 7 nitrogen and oxygen atoms in total. The number of hydrogen-bond donors (Lipinski definition) is 0. The van der Waals surface area contributed by atoms with Crippen molar-refractivity contribution in [3.05, 3.63) is 18.7 Å². The molecule has 2 rings (SSSR count). The largest absolute Gasteiger partial charge is 0.466 e. The van der Waals surface area contributed by atoms with Gasteiger partial charge in [-0.15, -0.1) is 5.10 Å². The Hall–Kier alpha value is -2.18. The maximum absolute atomic E-state index is 4.83. The van der Waals surface area contributed by atoms with Crippen LogP contribution in [0.1, 0.15) is 0 Å². The second-order valence-corrected chi connectivity index (χ2v) is 2.32. The van der Waals surface area contributed by atoms with Crippen LogP contribution in [0.5, 0.6) is 6.01 Å². The van der Waals surface area contributed by atoms with Gasteiger partial charge in [-0.1, -0.05) is 5.10 Å². The van der Waals surface area contributed by atoms with Crippen molar-refractivity contribution in [1.29, 1.82) is 0 Å². The van der Waals surface area contributed by atoms with E-state index in [1.807, 2.05) is 0 Å². The monoisotopic (exact) mass is 190 g/mol. The maximum atomic E-state index is 4.83. The van der Waals surface area contributed by atoms with Crippen LogP contribution in [0.3, 0.4) is 0 Å². The van der Waals surface area contributed by atoms with Crippen LogP contribution in [0.15, 0.2) is 18.7 Å². The molecule has 0 fully saturated rings. The molecule has 2 aromatic rings. The van der Waals surface area contributed by atoms with E-state index in [0.717, 1.165) is 0 Å². The van der Waals surface area contributed by atoms with Crippen LogP contribution in [-0.4, -0.2) is 37.5 Å². The fourth-order valence-corrected chi connectivity index (χ4v) is 0.869. The fourth-order valence-electron chi connectivity index (χ4n) is 0.869. The van der Waals surface area contributed by atoms with Crippen molar-refractivity contribution in [2.45, 2.75) is 0 Å². The third-order valence-corrected chi connectivity index (χ3v) is 1.48. The smallest absolute Gasteiger partial charge is 0.336 e. The van der Waals surface area contributed by atoms with E-state index in [1.165, 1.54) is 25.8 Å². The zero-order chi connectivity index (χ0) is 9.80. The van der Waals surface area contributed by atoms with E-state index in [0.29, 0.717) is 11.4 Å². The van der Waals surface area contributed by atoms with Crippen molar-refractivity contribution in [3.8, 4) is 17.4 Å². The highest BCUT2D eigenvalue weighted by molar-refractivity contribution is 5.50. The molecule has 0 atom stereocenters. The molecule has 0 saturated heterocycles. The van der Waals surface area contributed by atoms with Gasteiger partial charge in [-0.2, -0.15) is 15.2 Å². The number of ether oxygens (including phenoxy) is 1. The molecule has 7 heteroatoms. The van der Waals surface area contributed by atoms with Crippen molar-refractivity contribution in [1.82, 2.24) is 30.4 Å². The topological polar surface area (TPSA) is 86.6 Å². The molecule has 2 heterocycles. The van der Waals surface area contributed by atoms with E-state index in [2.05, 4.69) is 30.4 Å². The highest BCUT2D eigenvalue weighted by Gasteiger charge is 2.03. The van der Waals surface area contributed by atoms with Crippen molar-refractivity contribution in [3.63, 3.8) is 0 Å². The predicted molar refractivity (Wildman–Crippen MR) is 45.2 cm³/mol. The average Bonchev–Trinajstić information content (AvgIpc) is 2.30. The lowest BCUT2D eigenvalue weighted by Crippen LogP contribution is -1.97. The molecule has 70 valence electrons. The first kappa shape index (κ1) is 8.42. The molecule has 14 heavy (non-hydrogen) atoms. The third-order valence-electron chi connectivity index (χ3n) is 1.48. The zero-order valence-corrected chi connectivity index (χ0v) is 7.32. The standard InChI is InChI=1S/C7H6N6O/c1-14-7-12-6(3-10-13-7)5-2-9-11-4-8-5/h2-4H,1H3. The minimum Gasteiger partial charge on any atom is -0.466 e. The van der Waals surface area contributed by atoms with Gasteiger partial charge in [0.15, 0.2) is 0 Å². The van der Waals surface area contributed by atoms with Gasteiger partial charge in [0, 0.05) is 0 Å². The first-order valence-corrected chi connectivity index (χ1v) is 3.77. The third kappa shape index (κ3) is 1.60. The molecule has 0 unspecified atom stereocenters. The van der Waals surface area contributed by atoms with Crippen LogP contribution >= 0.6 is 0 Å². The van der Waals surface area contributed by atoms with Gasteiger partial charge in [0.2, 0.25) is 0 Å². The van der Waals surface area contributed by atoms with Crippen LogP contribution in [0.2, 0.25) is 0 Å². The summed E-state index contributed by atoms with van der Waals surface area (Å²) in [5.41, 5.74) is 1.12. The maximum Gasteiger partial charge on any atom is 0.336 e. The molecule has 0 N–H and O–H groups in total. The summed E-state index contributed by atoms with van der Waals surface area (Å²) in [4.78, 5) is 8.00. The quantitative estimate of drug-likeness (QED) is 0.644. The molecular weight excluding hydrogens is 184 g/mol. The van der Waals surface area contributed by atoms with Crippen molar-refractivity contribution >= 4 is 0 Å². The molecule has 0 aliphatic heterocycles. The minimum absolute atomic E-state index is 0.195. The summed E-state index contributed by atoms with van der Waals surface area (Å²) in [6, 6.07) is 0.195. The molecule has 0 aromatic carbocycles. The normalized spacial score (nSPS) is 9.79. The van der Waals surface area contributed by atoms with Crippen LogP contribution in [0.4, 0.5) is 0 Å². The lowest BCUT2D eigenvalue weighted by molar-refractivity contribution is 0.374. The van der Waals surface area contributed by atoms with Crippen molar-refractivity contribution in [2.75, 3.05) is 7.11 Å². The summed E-state index contributed by atoms with van der Waals surface area (Å²) in [6.07, 6.45) is 4.31. The second kappa shape index (κ2) is 3.69. The van der Waals surface area contributed by atoms with Gasteiger partial charge in [-0.25, -0.2) is 4.98 Å². The molecule has 0 spiro atoms. The van der Waals surface area contributed by atoms with E-state index in [4.69, 9.17) is 4.74 Å². The Morgan fingerprint density at radius 1 is 1.07 bits per heavy atom. The van der Waals surface area contributed by atoms with Crippen LogP contribution in [0, 0.1) is 0 Å². The summed E-state index contributed by atoms with van der Waals surface area (Å²) in [5.74, 6) is 0. The van der Waals surface area contributed by atoms with Crippen LogP contribution in [0.25, 0.3) is 11.4 Å². The number of hydrogen-bond acceptors (Lipinski definition) is 7. The summed E-state index contributed by atoms with van der Waals surface area (Å²) in [7, 11) is 1.47. The SMILES string of the molecule is COc1nncc(-c2cnncn2)n1. The summed E-state index contributed by atoms with van der Waals surface area (Å²) in [5, 5.41) is 14.6.